The average molecular weight is 1120 g/mol. The number of aliphatic imine (C=N–C) groups is 1. The maximum absolute atomic E-state index is 14.6. The molecule has 0 aliphatic rings. The van der Waals surface area contributed by atoms with E-state index in [9.17, 15) is 58.5 Å². The Kier molecular flexibility index (Phi) is 27.2. The normalized spacial score (nSPS) is 15.8. The first-order valence-electron chi connectivity index (χ1n) is 26.2. The highest BCUT2D eigenvalue weighted by molar-refractivity contribution is 7.98. The fourth-order valence-electron chi connectivity index (χ4n) is 8.14. The highest BCUT2D eigenvalue weighted by Gasteiger charge is 2.37. The molecule has 0 bridgehead atoms. The Morgan fingerprint density at radius 2 is 1.13 bits per heavy atom. The first-order valence-corrected chi connectivity index (χ1v) is 27.6. The van der Waals surface area contributed by atoms with Crippen LogP contribution in [0.5, 0.6) is 0 Å². The lowest BCUT2D eigenvalue weighted by Crippen LogP contribution is -2.61. The standard InChI is InChI=1S/C53H81N13O12S/c1-9-28(4)42(65-49(74)40(54)30(6)67)51(76)61-37(21-23-79-8)45(70)59-29(5)44(69)62-38(24-32-16-11-10-12-17-32)47(72)60-36(20-15-22-57-53(55)56)46(71)63-39(25-33-26-58-35-19-14-13-18-34(33)35)48(73)64-41(27(2)3)50(75)66-43(31(7)68)52(77)78/h10-14,16-19,26-31,36-43,58,67-68H,9,15,20-25,54H2,1-8H3,(H,59,70)(H,60,72)(H,61,76)(H,62,69)(H,63,71)(H,64,73)(H,65,74)(H,66,75)(H,77,78)(H4,55,56,57)/t28-,29-,30+,31+,36-,37-,38-,39-,40-,41-,42-,43-/m0/s1. The Morgan fingerprint density at radius 3 is 1.72 bits per heavy atom. The molecule has 26 heteroatoms. The maximum atomic E-state index is 14.6. The van der Waals surface area contributed by atoms with E-state index >= 15 is 0 Å². The van der Waals surface area contributed by atoms with Crippen LogP contribution in [0.3, 0.4) is 0 Å². The number of carboxylic acids is 1. The number of benzene rings is 2. The van der Waals surface area contributed by atoms with Gasteiger partial charge in [-0.25, -0.2) is 4.79 Å². The number of aromatic nitrogens is 1. The zero-order valence-electron chi connectivity index (χ0n) is 46.0. The number of aliphatic carboxylic acids is 1. The van der Waals surface area contributed by atoms with Crippen molar-refractivity contribution in [2.24, 2.45) is 34.0 Å². The molecule has 1 heterocycles. The summed E-state index contributed by atoms with van der Waals surface area (Å²) in [5, 5.41) is 51.3. The van der Waals surface area contributed by atoms with E-state index in [1.165, 1.54) is 32.5 Å². The Hall–Kier alpha value is -7.29. The third-order valence-corrected chi connectivity index (χ3v) is 13.8. The fourth-order valence-corrected chi connectivity index (χ4v) is 8.61. The Labute approximate surface area is 464 Å². The number of guanidine groups is 1. The molecule has 3 aromatic rings. The molecule has 2 aromatic carbocycles. The first kappa shape index (κ1) is 66.0. The van der Waals surface area contributed by atoms with Gasteiger partial charge in [0.1, 0.15) is 48.3 Å². The summed E-state index contributed by atoms with van der Waals surface area (Å²) in [6.45, 7) is 10.7. The topological polar surface area (TPSA) is 417 Å². The second-order valence-electron chi connectivity index (χ2n) is 19.9. The van der Waals surface area contributed by atoms with Crippen LogP contribution < -0.4 is 59.7 Å². The number of rotatable bonds is 33. The SMILES string of the molecule is CC[C@H](C)[C@H](NC(=O)[C@@H](N)[C@@H](C)O)C(=O)N[C@@H](CCSC)C(=O)N[C@@H](C)C(=O)N[C@@H](Cc1ccccc1)C(=O)N[C@@H](CCCN=C(N)N)C(=O)N[C@@H](Cc1c[nH]c2ccccc12)C(=O)N[C@H](C(=O)N[C@H](C(=O)O)[C@@H](C)O)C(C)C. The van der Waals surface area contributed by atoms with Crippen molar-refractivity contribution in [1.82, 2.24) is 47.5 Å². The van der Waals surface area contributed by atoms with Gasteiger partial charge in [-0.05, 0) is 81.1 Å². The first-order chi connectivity index (χ1) is 37.3. The second-order valence-corrected chi connectivity index (χ2v) is 20.9. The van der Waals surface area contributed by atoms with Crippen molar-refractivity contribution in [1.29, 1.82) is 0 Å². The van der Waals surface area contributed by atoms with E-state index in [2.05, 4.69) is 52.5 Å². The molecule has 1 aromatic heterocycles. The fraction of sp³-hybridized carbons (Fsp3) is 0.547. The number of aliphatic hydroxyl groups excluding tert-OH is 2. The molecule has 3 rings (SSSR count). The number of thioether (sulfide) groups is 1. The number of aliphatic hydroxyl groups is 2. The lowest BCUT2D eigenvalue weighted by Gasteiger charge is -2.29. The number of nitrogens with zero attached hydrogens (tertiary/aromatic N) is 1. The third-order valence-electron chi connectivity index (χ3n) is 13.1. The van der Waals surface area contributed by atoms with Gasteiger partial charge in [-0.15, -0.1) is 0 Å². The van der Waals surface area contributed by atoms with Crippen LogP contribution in [0.2, 0.25) is 0 Å². The third kappa shape index (κ3) is 21.1. The van der Waals surface area contributed by atoms with Gasteiger partial charge in [-0.2, -0.15) is 11.8 Å². The summed E-state index contributed by atoms with van der Waals surface area (Å²) in [6.07, 6.45) is 1.14. The van der Waals surface area contributed by atoms with E-state index in [1.807, 2.05) is 13.0 Å². The summed E-state index contributed by atoms with van der Waals surface area (Å²) in [5.41, 5.74) is 18.9. The van der Waals surface area contributed by atoms with Crippen molar-refractivity contribution < 1.29 is 58.5 Å². The number of aromatic amines is 1. The second kappa shape index (κ2) is 32.6. The van der Waals surface area contributed by atoms with Gasteiger partial charge in [0.05, 0.1) is 12.2 Å². The van der Waals surface area contributed by atoms with E-state index < -0.39 is 132 Å². The minimum Gasteiger partial charge on any atom is -0.480 e. The number of carboxylic acid groups (broad SMARTS) is 1. The van der Waals surface area contributed by atoms with E-state index in [1.54, 1.807) is 81.8 Å². The summed E-state index contributed by atoms with van der Waals surface area (Å²) in [5.74, 6) is -8.80. The number of carbonyl (C=O) groups excluding carboxylic acids is 8. The van der Waals surface area contributed by atoms with E-state index in [0.717, 1.165) is 10.9 Å². The molecular weight excluding hydrogens is 1040 g/mol. The van der Waals surface area contributed by atoms with Gasteiger partial charge < -0.3 is 80.0 Å². The van der Waals surface area contributed by atoms with Crippen LogP contribution in [-0.2, 0) is 56.0 Å². The van der Waals surface area contributed by atoms with Crippen molar-refractivity contribution in [2.45, 2.75) is 154 Å². The number of fused-ring (bicyclic) bond motifs is 1. The van der Waals surface area contributed by atoms with Gasteiger partial charge in [0.25, 0.3) is 0 Å². The average Bonchev–Trinajstić information content (AvgIpc) is 3.83. The smallest absolute Gasteiger partial charge is 0.328 e. The summed E-state index contributed by atoms with van der Waals surface area (Å²) < 4.78 is 0. The predicted molar refractivity (Wildman–Crippen MR) is 299 cm³/mol. The Morgan fingerprint density at radius 1 is 0.608 bits per heavy atom. The van der Waals surface area contributed by atoms with Gasteiger partial charge in [0, 0.05) is 36.5 Å². The number of H-pyrrole nitrogens is 1. The molecule has 0 unspecified atom stereocenters. The Balaban J connectivity index is 1.97. The van der Waals surface area contributed by atoms with E-state index in [4.69, 9.17) is 17.2 Å². The molecule has 0 spiro atoms. The van der Waals surface area contributed by atoms with Gasteiger partial charge in [0.2, 0.25) is 47.3 Å². The largest absolute Gasteiger partial charge is 0.480 e. The van der Waals surface area contributed by atoms with Crippen LogP contribution in [0.15, 0.2) is 65.8 Å². The Bertz CT molecular complexity index is 2560. The molecule has 0 saturated carbocycles. The van der Waals surface area contributed by atoms with Gasteiger partial charge in [-0.3, -0.25) is 43.3 Å². The summed E-state index contributed by atoms with van der Waals surface area (Å²) in [4.78, 5) is 131. The van der Waals surface area contributed by atoms with Gasteiger partial charge in [-0.1, -0.05) is 82.6 Å². The van der Waals surface area contributed by atoms with Gasteiger partial charge in [0.15, 0.2) is 12.0 Å². The van der Waals surface area contributed by atoms with Crippen LogP contribution >= 0.6 is 11.8 Å². The van der Waals surface area contributed by atoms with Gasteiger partial charge >= 0.3 is 5.97 Å². The molecule has 18 N–H and O–H groups in total. The molecule has 0 aliphatic heterocycles. The molecule has 79 heavy (non-hydrogen) atoms. The number of hydrogen-bond acceptors (Lipinski definition) is 14. The van der Waals surface area contributed by atoms with Crippen LogP contribution in [0.25, 0.3) is 10.9 Å². The summed E-state index contributed by atoms with van der Waals surface area (Å²) >= 11 is 1.40. The van der Waals surface area contributed by atoms with E-state index in [0.29, 0.717) is 23.3 Å². The highest BCUT2D eigenvalue weighted by Crippen LogP contribution is 2.20. The molecule has 436 valence electrons. The minimum absolute atomic E-state index is 0.0279. The molecule has 12 atom stereocenters. The van der Waals surface area contributed by atoms with Crippen molar-refractivity contribution in [3.05, 3.63) is 71.9 Å². The summed E-state index contributed by atoms with van der Waals surface area (Å²) in [7, 11) is 0. The quantitative estimate of drug-likeness (QED) is 0.0188. The number of nitrogens with one attached hydrogen (secondary N) is 9. The predicted octanol–water partition coefficient (Wildman–Crippen LogP) is -1.47. The van der Waals surface area contributed by atoms with Crippen LogP contribution in [-0.4, -0.2) is 165 Å². The molecule has 0 radical (unpaired) electrons. The minimum atomic E-state index is -1.70. The lowest BCUT2D eigenvalue weighted by molar-refractivity contribution is -0.145. The number of nitrogens with two attached hydrogens (primary N) is 3. The molecule has 0 aliphatic carbocycles. The maximum Gasteiger partial charge on any atom is 0.328 e. The van der Waals surface area contributed by atoms with Crippen molar-refractivity contribution in [3.8, 4) is 0 Å². The lowest BCUT2D eigenvalue weighted by atomic mass is 9.97. The highest BCUT2D eigenvalue weighted by atomic mass is 32.2. The van der Waals surface area contributed by atoms with Crippen molar-refractivity contribution >= 4 is 81.9 Å². The monoisotopic (exact) mass is 1120 g/mol. The molecule has 8 amide bonds. The van der Waals surface area contributed by atoms with Crippen LogP contribution in [0, 0.1) is 11.8 Å². The molecular formula is C53H81N13O12S. The van der Waals surface area contributed by atoms with Crippen LogP contribution in [0.4, 0.5) is 0 Å². The molecule has 25 nitrogen and oxygen atoms in total. The number of carbonyl (C=O) groups is 9. The molecule has 0 fully saturated rings. The zero-order chi connectivity index (χ0) is 59.1. The van der Waals surface area contributed by atoms with E-state index in [-0.39, 0.29) is 44.6 Å². The molecule has 0 saturated heterocycles. The van der Waals surface area contributed by atoms with Crippen molar-refractivity contribution in [3.63, 3.8) is 0 Å². The number of hydrogen-bond donors (Lipinski definition) is 15. The van der Waals surface area contributed by atoms with Crippen molar-refractivity contribution in [2.75, 3.05) is 18.6 Å². The zero-order valence-corrected chi connectivity index (χ0v) is 46.9. The summed E-state index contributed by atoms with van der Waals surface area (Å²) in [6, 6.07) is 3.64. The van der Waals surface area contributed by atoms with Crippen LogP contribution in [0.1, 0.15) is 85.3 Å². The number of para-hydroxylation sites is 1. The number of amides is 8.